The molecule has 1 aromatic rings. The first-order valence-electron chi connectivity index (χ1n) is 6.49. The molecule has 1 aliphatic rings. The van der Waals surface area contributed by atoms with E-state index in [9.17, 15) is 5.11 Å². The van der Waals surface area contributed by atoms with E-state index in [0.717, 1.165) is 50.3 Å². The van der Waals surface area contributed by atoms with Gasteiger partial charge in [-0.05, 0) is 37.7 Å². The predicted molar refractivity (Wildman–Crippen MR) is 65.7 cm³/mol. The van der Waals surface area contributed by atoms with Gasteiger partial charge in [0, 0.05) is 20.3 Å². The molecule has 0 radical (unpaired) electrons. The maximum absolute atomic E-state index is 10.3. The molecular formula is C13H22N2O2. The molecule has 1 saturated heterocycles. The molecule has 0 amide bonds. The highest BCUT2D eigenvalue weighted by molar-refractivity contribution is 5.12. The van der Waals surface area contributed by atoms with Crippen LogP contribution >= 0.6 is 0 Å². The molecule has 1 aromatic heterocycles. The summed E-state index contributed by atoms with van der Waals surface area (Å²) in [7, 11) is 1.90. The molecule has 2 rings (SSSR count). The van der Waals surface area contributed by atoms with Crippen molar-refractivity contribution < 1.29 is 9.84 Å². The summed E-state index contributed by atoms with van der Waals surface area (Å²) in [6.45, 7) is 3.75. The van der Waals surface area contributed by atoms with Gasteiger partial charge in [0.1, 0.15) is 0 Å². The Bertz CT molecular complexity index is 356. The van der Waals surface area contributed by atoms with Crippen LogP contribution in [0.4, 0.5) is 0 Å². The fourth-order valence-corrected chi connectivity index (χ4v) is 2.45. The number of aliphatic hydroxyl groups is 1. The minimum Gasteiger partial charge on any atom is -0.387 e. The van der Waals surface area contributed by atoms with E-state index in [1.807, 2.05) is 17.8 Å². The van der Waals surface area contributed by atoms with Crippen molar-refractivity contribution in [2.75, 3.05) is 13.2 Å². The number of ether oxygens (including phenoxy) is 1. The molecule has 0 spiro atoms. The van der Waals surface area contributed by atoms with Crippen molar-refractivity contribution in [2.24, 2.45) is 13.0 Å². The van der Waals surface area contributed by atoms with Crippen LogP contribution in [0.5, 0.6) is 0 Å². The van der Waals surface area contributed by atoms with Gasteiger partial charge >= 0.3 is 0 Å². The zero-order valence-electron chi connectivity index (χ0n) is 10.7. The highest BCUT2D eigenvalue weighted by Gasteiger charge is 2.21. The van der Waals surface area contributed by atoms with Gasteiger partial charge in [-0.1, -0.05) is 6.92 Å². The molecule has 1 aliphatic heterocycles. The molecule has 4 heteroatoms. The number of aromatic nitrogens is 2. The van der Waals surface area contributed by atoms with Crippen molar-refractivity contribution in [3.8, 4) is 0 Å². The van der Waals surface area contributed by atoms with Crippen LogP contribution < -0.4 is 0 Å². The SMILES string of the molecule is CCc1cc(C(O)CC2CCOCC2)n(C)n1. The third-order valence-electron chi connectivity index (χ3n) is 3.57. The average Bonchev–Trinajstić information content (AvgIpc) is 2.72. The molecule has 1 atom stereocenters. The summed E-state index contributed by atoms with van der Waals surface area (Å²) in [5.41, 5.74) is 1.99. The van der Waals surface area contributed by atoms with Gasteiger partial charge in [-0.15, -0.1) is 0 Å². The van der Waals surface area contributed by atoms with Crippen molar-refractivity contribution in [3.05, 3.63) is 17.5 Å². The van der Waals surface area contributed by atoms with Gasteiger partial charge in [-0.2, -0.15) is 5.10 Å². The number of nitrogens with zero attached hydrogens (tertiary/aromatic N) is 2. The summed E-state index contributed by atoms with van der Waals surface area (Å²) in [5, 5.41) is 14.6. The second-order valence-electron chi connectivity index (χ2n) is 4.84. The quantitative estimate of drug-likeness (QED) is 0.870. The Kier molecular flexibility index (Phi) is 4.18. The second kappa shape index (κ2) is 5.65. The molecule has 0 aliphatic carbocycles. The first-order chi connectivity index (χ1) is 8.20. The normalized spacial score (nSPS) is 19.5. The van der Waals surface area contributed by atoms with Gasteiger partial charge in [-0.3, -0.25) is 4.68 Å². The lowest BCUT2D eigenvalue weighted by molar-refractivity contribution is 0.0419. The minimum absolute atomic E-state index is 0.393. The molecule has 1 fully saturated rings. The Labute approximate surface area is 103 Å². The van der Waals surface area contributed by atoms with E-state index in [1.165, 1.54) is 0 Å². The number of aliphatic hydroxyl groups excluding tert-OH is 1. The molecule has 96 valence electrons. The maximum Gasteiger partial charge on any atom is 0.0959 e. The van der Waals surface area contributed by atoms with Crippen molar-refractivity contribution in [2.45, 2.75) is 38.7 Å². The summed E-state index contributed by atoms with van der Waals surface area (Å²) in [4.78, 5) is 0. The largest absolute Gasteiger partial charge is 0.387 e. The Hall–Kier alpha value is -0.870. The molecule has 4 nitrogen and oxygen atoms in total. The fourth-order valence-electron chi connectivity index (χ4n) is 2.45. The lowest BCUT2D eigenvalue weighted by atomic mass is 9.92. The Morgan fingerprint density at radius 2 is 2.24 bits per heavy atom. The van der Waals surface area contributed by atoms with Gasteiger partial charge in [-0.25, -0.2) is 0 Å². The second-order valence-corrected chi connectivity index (χ2v) is 4.84. The van der Waals surface area contributed by atoms with E-state index in [2.05, 4.69) is 12.0 Å². The first-order valence-corrected chi connectivity index (χ1v) is 6.49. The number of hydrogen-bond acceptors (Lipinski definition) is 3. The van der Waals surface area contributed by atoms with Crippen LogP contribution in [-0.2, 0) is 18.2 Å². The topological polar surface area (TPSA) is 47.3 Å². The molecule has 1 unspecified atom stereocenters. The summed E-state index contributed by atoms with van der Waals surface area (Å²) < 4.78 is 7.14. The number of rotatable bonds is 4. The van der Waals surface area contributed by atoms with Crippen LogP contribution in [0.1, 0.15) is 43.7 Å². The van der Waals surface area contributed by atoms with Crippen LogP contribution in [-0.4, -0.2) is 28.1 Å². The monoisotopic (exact) mass is 238 g/mol. The molecule has 0 bridgehead atoms. The third-order valence-corrected chi connectivity index (χ3v) is 3.57. The number of hydrogen-bond donors (Lipinski definition) is 1. The Balaban J connectivity index is 1.97. The zero-order valence-corrected chi connectivity index (χ0v) is 10.7. The number of aryl methyl sites for hydroxylation is 2. The predicted octanol–water partition coefficient (Wildman–Crippen LogP) is 1.83. The van der Waals surface area contributed by atoms with Gasteiger partial charge in [0.25, 0.3) is 0 Å². The van der Waals surface area contributed by atoms with E-state index < -0.39 is 6.10 Å². The first kappa shape index (κ1) is 12.6. The minimum atomic E-state index is -0.393. The molecule has 1 N–H and O–H groups in total. The highest BCUT2D eigenvalue weighted by Crippen LogP contribution is 2.27. The van der Waals surface area contributed by atoms with Crippen molar-refractivity contribution in [1.29, 1.82) is 0 Å². The molecule has 2 heterocycles. The average molecular weight is 238 g/mol. The van der Waals surface area contributed by atoms with E-state index in [0.29, 0.717) is 5.92 Å². The summed E-state index contributed by atoms with van der Waals surface area (Å²) >= 11 is 0. The summed E-state index contributed by atoms with van der Waals surface area (Å²) in [6.07, 6.45) is 3.48. The van der Waals surface area contributed by atoms with Crippen LogP contribution in [0.3, 0.4) is 0 Å². The van der Waals surface area contributed by atoms with Crippen LogP contribution in [0.25, 0.3) is 0 Å². The van der Waals surface area contributed by atoms with Crippen molar-refractivity contribution >= 4 is 0 Å². The third kappa shape index (κ3) is 3.07. The van der Waals surface area contributed by atoms with Crippen molar-refractivity contribution in [1.82, 2.24) is 9.78 Å². The van der Waals surface area contributed by atoms with E-state index in [-0.39, 0.29) is 0 Å². The molecule has 0 aromatic carbocycles. The lowest BCUT2D eigenvalue weighted by Crippen LogP contribution is -2.19. The van der Waals surface area contributed by atoms with Gasteiger partial charge < -0.3 is 9.84 Å². The van der Waals surface area contributed by atoms with Gasteiger partial charge in [0.15, 0.2) is 0 Å². The Morgan fingerprint density at radius 3 is 2.82 bits per heavy atom. The van der Waals surface area contributed by atoms with Gasteiger partial charge in [0.2, 0.25) is 0 Å². The standard InChI is InChI=1S/C13H22N2O2/c1-3-11-9-12(15(2)14-11)13(16)8-10-4-6-17-7-5-10/h9-10,13,16H,3-8H2,1-2H3. The summed E-state index contributed by atoms with van der Waals surface area (Å²) in [5.74, 6) is 0.582. The Morgan fingerprint density at radius 1 is 1.53 bits per heavy atom. The van der Waals surface area contributed by atoms with E-state index >= 15 is 0 Å². The van der Waals surface area contributed by atoms with E-state index in [4.69, 9.17) is 4.74 Å². The van der Waals surface area contributed by atoms with Crippen LogP contribution in [0.2, 0.25) is 0 Å². The zero-order chi connectivity index (χ0) is 12.3. The molecule has 0 saturated carbocycles. The van der Waals surface area contributed by atoms with Gasteiger partial charge in [0.05, 0.1) is 17.5 Å². The summed E-state index contributed by atoms with van der Waals surface area (Å²) in [6, 6.07) is 2.02. The van der Waals surface area contributed by atoms with Crippen LogP contribution in [0.15, 0.2) is 6.07 Å². The van der Waals surface area contributed by atoms with Crippen LogP contribution in [0, 0.1) is 5.92 Å². The lowest BCUT2D eigenvalue weighted by Gasteiger charge is -2.24. The fraction of sp³-hybridized carbons (Fsp3) is 0.769. The smallest absolute Gasteiger partial charge is 0.0959 e. The maximum atomic E-state index is 10.3. The molecule has 17 heavy (non-hydrogen) atoms. The van der Waals surface area contributed by atoms with E-state index in [1.54, 1.807) is 0 Å². The highest BCUT2D eigenvalue weighted by atomic mass is 16.5. The molecular weight excluding hydrogens is 216 g/mol. The van der Waals surface area contributed by atoms with Crippen molar-refractivity contribution in [3.63, 3.8) is 0 Å².